The standard InChI is InChI=1S/C11H10BrClFN3S/c1-2-15-11(8-5-16-17-18-8)6-3-4-7(12)9(13)10(6)14/h3-5,11,15H,2H2,1H3. The van der Waals surface area contributed by atoms with Crippen molar-refractivity contribution in [3.05, 3.63) is 44.1 Å². The molecule has 0 radical (unpaired) electrons. The summed E-state index contributed by atoms with van der Waals surface area (Å²) in [6.45, 7) is 2.66. The van der Waals surface area contributed by atoms with Gasteiger partial charge in [0.2, 0.25) is 0 Å². The van der Waals surface area contributed by atoms with Crippen molar-refractivity contribution in [3.8, 4) is 0 Å². The van der Waals surface area contributed by atoms with Crippen molar-refractivity contribution in [2.45, 2.75) is 13.0 Å². The Morgan fingerprint density at radius 2 is 2.33 bits per heavy atom. The van der Waals surface area contributed by atoms with Gasteiger partial charge in [0.05, 0.1) is 22.1 Å². The maximum Gasteiger partial charge on any atom is 0.148 e. The molecule has 1 N–H and O–H groups in total. The summed E-state index contributed by atoms with van der Waals surface area (Å²) < 4.78 is 18.5. The van der Waals surface area contributed by atoms with Gasteiger partial charge in [0.15, 0.2) is 0 Å². The second-order valence-corrected chi connectivity index (χ2v) is 5.62. The zero-order valence-electron chi connectivity index (χ0n) is 9.45. The quantitative estimate of drug-likeness (QED) is 0.853. The van der Waals surface area contributed by atoms with E-state index in [0.717, 1.165) is 4.88 Å². The highest BCUT2D eigenvalue weighted by molar-refractivity contribution is 9.10. The van der Waals surface area contributed by atoms with Crippen molar-refractivity contribution in [1.82, 2.24) is 14.9 Å². The van der Waals surface area contributed by atoms with Crippen LogP contribution in [0, 0.1) is 5.82 Å². The van der Waals surface area contributed by atoms with Crippen LogP contribution < -0.4 is 5.32 Å². The van der Waals surface area contributed by atoms with Crippen LogP contribution in [0.3, 0.4) is 0 Å². The Morgan fingerprint density at radius 3 is 2.94 bits per heavy atom. The third-order valence-electron chi connectivity index (χ3n) is 2.45. The Balaban J connectivity index is 2.47. The molecule has 7 heteroatoms. The minimum atomic E-state index is -0.426. The van der Waals surface area contributed by atoms with Crippen LogP contribution in [0.1, 0.15) is 23.4 Å². The lowest BCUT2D eigenvalue weighted by atomic mass is 10.1. The van der Waals surface area contributed by atoms with E-state index in [1.54, 1.807) is 18.3 Å². The fourth-order valence-corrected chi connectivity index (χ4v) is 2.71. The molecule has 2 rings (SSSR count). The first-order valence-corrected chi connectivity index (χ1v) is 7.23. The Kier molecular flexibility index (Phi) is 4.66. The summed E-state index contributed by atoms with van der Waals surface area (Å²) in [6.07, 6.45) is 1.63. The van der Waals surface area contributed by atoms with Gasteiger partial charge in [0.25, 0.3) is 0 Å². The minimum Gasteiger partial charge on any atom is -0.306 e. The molecule has 0 fully saturated rings. The van der Waals surface area contributed by atoms with E-state index < -0.39 is 5.82 Å². The number of aromatic nitrogens is 2. The Labute approximate surface area is 122 Å². The molecule has 1 unspecified atom stereocenters. The van der Waals surface area contributed by atoms with Crippen LogP contribution in [-0.2, 0) is 0 Å². The molecule has 18 heavy (non-hydrogen) atoms. The molecule has 1 aromatic heterocycles. The molecule has 0 aliphatic carbocycles. The van der Waals surface area contributed by atoms with Gasteiger partial charge in [-0.3, -0.25) is 0 Å². The van der Waals surface area contributed by atoms with Crippen LogP contribution >= 0.6 is 39.1 Å². The lowest BCUT2D eigenvalue weighted by molar-refractivity contribution is 0.562. The van der Waals surface area contributed by atoms with E-state index in [1.165, 1.54) is 11.5 Å². The van der Waals surface area contributed by atoms with Crippen molar-refractivity contribution in [2.24, 2.45) is 0 Å². The van der Waals surface area contributed by atoms with E-state index in [0.29, 0.717) is 16.6 Å². The molecule has 1 heterocycles. The van der Waals surface area contributed by atoms with Gasteiger partial charge < -0.3 is 5.32 Å². The van der Waals surface area contributed by atoms with Gasteiger partial charge >= 0.3 is 0 Å². The van der Waals surface area contributed by atoms with Gasteiger partial charge in [0, 0.05) is 10.0 Å². The number of halogens is 3. The SMILES string of the molecule is CCNC(c1cnns1)c1ccc(Br)c(Cl)c1F. The monoisotopic (exact) mass is 349 g/mol. The first-order valence-electron chi connectivity index (χ1n) is 5.29. The van der Waals surface area contributed by atoms with E-state index in [2.05, 4.69) is 30.8 Å². The summed E-state index contributed by atoms with van der Waals surface area (Å²) in [4.78, 5) is 0.856. The van der Waals surface area contributed by atoms with E-state index in [-0.39, 0.29) is 11.1 Å². The number of hydrogen-bond acceptors (Lipinski definition) is 4. The van der Waals surface area contributed by atoms with Crippen molar-refractivity contribution < 1.29 is 4.39 Å². The first-order chi connectivity index (χ1) is 8.65. The summed E-state index contributed by atoms with van der Waals surface area (Å²) in [5, 5.41) is 7.08. The van der Waals surface area contributed by atoms with Crippen LogP contribution in [0.5, 0.6) is 0 Å². The van der Waals surface area contributed by atoms with Gasteiger partial charge in [-0.05, 0) is 40.1 Å². The van der Waals surface area contributed by atoms with Gasteiger partial charge in [-0.25, -0.2) is 4.39 Å². The molecule has 96 valence electrons. The number of benzene rings is 1. The van der Waals surface area contributed by atoms with E-state index in [9.17, 15) is 4.39 Å². The molecule has 1 aromatic carbocycles. The fourth-order valence-electron chi connectivity index (χ4n) is 1.63. The summed E-state index contributed by atoms with van der Waals surface area (Å²) in [5.41, 5.74) is 0.496. The maximum atomic E-state index is 14.2. The predicted octanol–water partition coefficient (Wildman–Crippen LogP) is 3.79. The van der Waals surface area contributed by atoms with Gasteiger partial charge in [-0.15, -0.1) is 5.10 Å². The second-order valence-electron chi connectivity index (χ2n) is 3.58. The predicted molar refractivity (Wildman–Crippen MR) is 74.5 cm³/mol. The molecule has 0 spiro atoms. The van der Waals surface area contributed by atoms with E-state index in [1.807, 2.05) is 6.92 Å². The summed E-state index contributed by atoms with van der Waals surface area (Å²) in [5.74, 6) is -0.426. The van der Waals surface area contributed by atoms with Gasteiger partial charge in [0.1, 0.15) is 5.82 Å². The van der Waals surface area contributed by atoms with Gasteiger partial charge in [-0.1, -0.05) is 29.1 Å². The third kappa shape index (κ3) is 2.71. The number of hydrogen-bond donors (Lipinski definition) is 1. The van der Waals surface area contributed by atoms with Crippen LogP contribution in [0.25, 0.3) is 0 Å². The molecule has 2 aromatic rings. The highest BCUT2D eigenvalue weighted by Gasteiger charge is 2.21. The zero-order chi connectivity index (χ0) is 13.1. The van der Waals surface area contributed by atoms with E-state index in [4.69, 9.17) is 11.6 Å². The molecule has 0 aliphatic rings. The highest BCUT2D eigenvalue weighted by atomic mass is 79.9. The number of nitrogens with zero attached hydrogens (tertiary/aromatic N) is 2. The van der Waals surface area contributed by atoms with Crippen LogP contribution in [0.15, 0.2) is 22.8 Å². The first kappa shape index (κ1) is 13.9. The average Bonchev–Trinajstić information content (AvgIpc) is 2.88. The average molecular weight is 351 g/mol. The fraction of sp³-hybridized carbons (Fsp3) is 0.273. The minimum absolute atomic E-state index is 0.0906. The maximum absolute atomic E-state index is 14.2. The normalized spacial score (nSPS) is 12.7. The lowest BCUT2D eigenvalue weighted by Crippen LogP contribution is -2.22. The summed E-state index contributed by atoms with van der Waals surface area (Å²) in [7, 11) is 0. The zero-order valence-corrected chi connectivity index (χ0v) is 12.6. The van der Waals surface area contributed by atoms with Crippen LogP contribution in [0.4, 0.5) is 4.39 Å². The van der Waals surface area contributed by atoms with Gasteiger partial charge in [-0.2, -0.15) is 0 Å². The molecular formula is C11H10BrClFN3S. The molecule has 0 aliphatic heterocycles. The van der Waals surface area contributed by atoms with E-state index >= 15 is 0 Å². The van der Waals surface area contributed by atoms with Crippen LogP contribution in [0.2, 0.25) is 5.02 Å². The molecule has 3 nitrogen and oxygen atoms in total. The van der Waals surface area contributed by atoms with Crippen LogP contribution in [-0.4, -0.2) is 16.1 Å². The highest BCUT2D eigenvalue weighted by Crippen LogP contribution is 2.33. The topological polar surface area (TPSA) is 37.8 Å². The number of rotatable bonds is 4. The summed E-state index contributed by atoms with van der Waals surface area (Å²) in [6, 6.07) is 3.17. The molecule has 0 saturated heterocycles. The third-order valence-corrected chi connectivity index (χ3v) is 4.43. The Bertz CT molecular complexity index is 535. The van der Waals surface area contributed by atoms with Crippen molar-refractivity contribution in [1.29, 1.82) is 0 Å². The largest absolute Gasteiger partial charge is 0.306 e. The second kappa shape index (κ2) is 6.06. The molecular weight excluding hydrogens is 341 g/mol. The van der Waals surface area contributed by atoms with Crippen molar-refractivity contribution in [3.63, 3.8) is 0 Å². The summed E-state index contributed by atoms with van der Waals surface area (Å²) >= 11 is 10.4. The Morgan fingerprint density at radius 1 is 1.56 bits per heavy atom. The van der Waals surface area contributed by atoms with Crippen molar-refractivity contribution >= 4 is 39.1 Å². The molecule has 0 amide bonds. The van der Waals surface area contributed by atoms with Crippen molar-refractivity contribution in [2.75, 3.05) is 6.54 Å². The lowest BCUT2D eigenvalue weighted by Gasteiger charge is -2.17. The smallest absolute Gasteiger partial charge is 0.148 e. The number of nitrogens with one attached hydrogen (secondary N) is 1. The molecule has 0 bridgehead atoms. The molecule has 0 saturated carbocycles. The Hall–Kier alpha value is -0.560. The molecule has 1 atom stereocenters.